The maximum absolute atomic E-state index is 5.37. The molecule has 1 aromatic carbocycles. The quantitative estimate of drug-likeness (QED) is 0.357. The van der Waals surface area contributed by atoms with Gasteiger partial charge in [0.1, 0.15) is 0 Å². The van der Waals surface area contributed by atoms with Crippen molar-refractivity contribution in [3.63, 3.8) is 0 Å². The maximum Gasteiger partial charge on any atom is 0.257 e. The molecule has 1 N–H and O–H groups in total. The zero-order valence-electron chi connectivity index (χ0n) is 16.2. The molecule has 6 nitrogen and oxygen atoms in total. The summed E-state index contributed by atoms with van der Waals surface area (Å²) in [5.74, 6) is 2.25. The number of aliphatic imine (C=N–C) groups is 1. The topological polar surface area (TPSA) is 66.5 Å². The standard InChI is InChI=1S/C19H29N5O.HI/c1-5-7-12-24(4)19(20-3)21-14-15-10-8-11-16(13-15)18-22-17(9-6-2)23-25-18;/h8,10-11,13H,5-7,9,12,14H2,1-4H3,(H,20,21);1H. The molecular weight excluding hydrogens is 441 g/mol. The molecule has 0 aliphatic rings. The second-order valence-electron chi connectivity index (χ2n) is 6.14. The Morgan fingerprint density at radius 3 is 2.77 bits per heavy atom. The van der Waals surface area contributed by atoms with Gasteiger partial charge in [-0.3, -0.25) is 4.99 Å². The van der Waals surface area contributed by atoms with Gasteiger partial charge in [-0.1, -0.05) is 37.6 Å². The van der Waals surface area contributed by atoms with Gasteiger partial charge in [-0.05, 0) is 30.5 Å². The summed E-state index contributed by atoms with van der Waals surface area (Å²) < 4.78 is 5.37. The first-order valence-electron chi connectivity index (χ1n) is 9.01. The second-order valence-corrected chi connectivity index (χ2v) is 6.14. The smallest absolute Gasteiger partial charge is 0.257 e. The molecule has 1 heterocycles. The largest absolute Gasteiger partial charge is 0.352 e. The zero-order chi connectivity index (χ0) is 18.1. The Morgan fingerprint density at radius 2 is 2.08 bits per heavy atom. The van der Waals surface area contributed by atoms with Crippen molar-refractivity contribution in [2.45, 2.75) is 46.1 Å². The van der Waals surface area contributed by atoms with E-state index in [0.717, 1.165) is 48.7 Å². The van der Waals surface area contributed by atoms with E-state index in [4.69, 9.17) is 4.52 Å². The molecule has 0 aliphatic carbocycles. The molecule has 0 saturated carbocycles. The van der Waals surface area contributed by atoms with E-state index in [2.05, 4.69) is 58.4 Å². The lowest BCUT2D eigenvalue weighted by Crippen LogP contribution is -2.38. The van der Waals surface area contributed by atoms with Crippen LogP contribution in [0.3, 0.4) is 0 Å². The second kappa shape index (κ2) is 11.9. The van der Waals surface area contributed by atoms with E-state index in [-0.39, 0.29) is 24.0 Å². The molecule has 0 radical (unpaired) electrons. The van der Waals surface area contributed by atoms with Crippen molar-refractivity contribution in [3.8, 4) is 11.5 Å². The average Bonchev–Trinajstić information content (AvgIpc) is 3.10. The van der Waals surface area contributed by atoms with E-state index < -0.39 is 0 Å². The van der Waals surface area contributed by atoms with Crippen LogP contribution in [0, 0.1) is 0 Å². The highest BCUT2D eigenvalue weighted by atomic mass is 127. The van der Waals surface area contributed by atoms with Crippen molar-refractivity contribution >= 4 is 29.9 Å². The molecule has 144 valence electrons. The number of guanidine groups is 1. The van der Waals surface area contributed by atoms with Crippen molar-refractivity contribution in [2.24, 2.45) is 4.99 Å². The van der Waals surface area contributed by atoms with Crippen LogP contribution in [0.15, 0.2) is 33.8 Å². The molecular formula is C19H30IN5O. The number of hydrogen-bond donors (Lipinski definition) is 1. The number of aromatic nitrogens is 2. The molecule has 0 fully saturated rings. The summed E-state index contributed by atoms with van der Waals surface area (Å²) in [6, 6.07) is 8.17. The number of unbranched alkanes of at least 4 members (excludes halogenated alkanes) is 1. The van der Waals surface area contributed by atoms with E-state index in [1.807, 2.05) is 19.2 Å². The molecule has 0 atom stereocenters. The van der Waals surface area contributed by atoms with Crippen LogP contribution in [0.25, 0.3) is 11.5 Å². The zero-order valence-corrected chi connectivity index (χ0v) is 18.5. The average molecular weight is 471 g/mol. The first kappa shape index (κ1) is 22.4. The Kier molecular flexibility index (Phi) is 10.2. The summed E-state index contributed by atoms with van der Waals surface area (Å²) in [4.78, 5) is 11.0. The van der Waals surface area contributed by atoms with Gasteiger partial charge in [-0.2, -0.15) is 4.98 Å². The predicted octanol–water partition coefficient (Wildman–Crippen LogP) is 4.11. The van der Waals surface area contributed by atoms with Crippen LogP contribution >= 0.6 is 24.0 Å². The molecule has 0 bridgehead atoms. The fourth-order valence-electron chi connectivity index (χ4n) is 2.58. The molecule has 26 heavy (non-hydrogen) atoms. The van der Waals surface area contributed by atoms with Gasteiger partial charge in [0.2, 0.25) is 0 Å². The van der Waals surface area contributed by atoms with Crippen molar-refractivity contribution in [2.75, 3.05) is 20.6 Å². The van der Waals surface area contributed by atoms with Crippen LogP contribution in [0.4, 0.5) is 0 Å². The number of halogens is 1. The van der Waals surface area contributed by atoms with Gasteiger partial charge < -0.3 is 14.7 Å². The van der Waals surface area contributed by atoms with Gasteiger partial charge in [-0.25, -0.2) is 0 Å². The minimum absolute atomic E-state index is 0. The van der Waals surface area contributed by atoms with Crippen molar-refractivity contribution in [1.82, 2.24) is 20.4 Å². The van der Waals surface area contributed by atoms with Gasteiger partial charge in [0.05, 0.1) is 0 Å². The molecule has 0 saturated heterocycles. The number of nitrogens with zero attached hydrogens (tertiary/aromatic N) is 4. The number of rotatable bonds is 8. The summed E-state index contributed by atoms with van der Waals surface area (Å²) in [5, 5.41) is 7.43. The summed E-state index contributed by atoms with van der Waals surface area (Å²) >= 11 is 0. The monoisotopic (exact) mass is 471 g/mol. The Balaban J connectivity index is 0.00000338. The minimum Gasteiger partial charge on any atom is -0.352 e. The van der Waals surface area contributed by atoms with Gasteiger partial charge in [-0.15, -0.1) is 24.0 Å². The Labute approximate surface area is 173 Å². The number of benzene rings is 1. The Bertz CT molecular complexity index is 686. The first-order valence-corrected chi connectivity index (χ1v) is 9.01. The third-order valence-electron chi connectivity index (χ3n) is 3.99. The lowest BCUT2D eigenvalue weighted by atomic mass is 10.1. The predicted molar refractivity (Wildman–Crippen MR) is 117 cm³/mol. The van der Waals surface area contributed by atoms with Crippen molar-refractivity contribution in [1.29, 1.82) is 0 Å². The molecule has 7 heteroatoms. The van der Waals surface area contributed by atoms with Crippen LogP contribution in [0.5, 0.6) is 0 Å². The molecule has 0 spiro atoms. The SMILES string of the molecule is CCCCN(C)C(=NC)NCc1cccc(-c2nc(CCC)no2)c1.I. The third kappa shape index (κ3) is 6.59. The van der Waals surface area contributed by atoms with Gasteiger partial charge in [0.15, 0.2) is 11.8 Å². The molecule has 0 amide bonds. The van der Waals surface area contributed by atoms with Gasteiger partial charge in [0.25, 0.3) is 5.89 Å². The Hall–Kier alpha value is -1.64. The third-order valence-corrected chi connectivity index (χ3v) is 3.99. The number of aryl methyl sites for hydroxylation is 1. The van der Waals surface area contributed by atoms with Crippen LogP contribution < -0.4 is 5.32 Å². The summed E-state index contributed by atoms with van der Waals surface area (Å²) in [6.45, 7) is 6.00. The first-order chi connectivity index (χ1) is 12.2. The summed E-state index contributed by atoms with van der Waals surface area (Å²) in [5.41, 5.74) is 2.10. The van der Waals surface area contributed by atoms with Crippen molar-refractivity contribution < 1.29 is 4.52 Å². The maximum atomic E-state index is 5.37. The van der Waals surface area contributed by atoms with Crippen LogP contribution in [-0.2, 0) is 13.0 Å². The Morgan fingerprint density at radius 1 is 1.27 bits per heavy atom. The molecule has 2 rings (SSSR count). The number of nitrogens with one attached hydrogen (secondary N) is 1. The van der Waals surface area contributed by atoms with E-state index in [1.54, 1.807) is 0 Å². The van der Waals surface area contributed by atoms with E-state index in [9.17, 15) is 0 Å². The fraction of sp³-hybridized carbons (Fsp3) is 0.526. The molecule has 0 aliphatic heterocycles. The van der Waals surface area contributed by atoms with Crippen LogP contribution in [-0.4, -0.2) is 41.6 Å². The normalized spacial score (nSPS) is 11.2. The number of hydrogen-bond acceptors (Lipinski definition) is 4. The molecule has 2 aromatic rings. The van der Waals surface area contributed by atoms with Crippen molar-refractivity contribution in [3.05, 3.63) is 35.7 Å². The summed E-state index contributed by atoms with van der Waals surface area (Å²) in [6.07, 6.45) is 4.18. The van der Waals surface area contributed by atoms with E-state index in [1.165, 1.54) is 6.42 Å². The highest BCUT2D eigenvalue weighted by molar-refractivity contribution is 14.0. The lowest BCUT2D eigenvalue weighted by Gasteiger charge is -2.21. The van der Waals surface area contributed by atoms with E-state index >= 15 is 0 Å². The fourth-order valence-corrected chi connectivity index (χ4v) is 2.58. The van der Waals surface area contributed by atoms with Gasteiger partial charge >= 0.3 is 0 Å². The van der Waals surface area contributed by atoms with E-state index in [0.29, 0.717) is 12.4 Å². The van der Waals surface area contributed by atoms with Crippen LogP contribution in [0.1, 0.15) is 44.5 Å². The van der Waals surface area contributed by atoms with Crippen LogP contribution in [0.2, 0.25) is 0 Å². The highest BCUT2D eigenvalue weighted by Gasteiger charge is 2.10. The lowest BCUT2D eigenvalue weighted by molar-refractivity contribution is 0.422. The molecule has 1 aromatic heterocycles. The summed E-state index contributed by atoms with van der Waals surface area (Å²) in [7, 11) is 3.88. The molecule has 0 unspecified atom stereocenters. The van der Waals surface area contributed by atoms with Gasteiger partial charge in [0, 0.05) is 39.2 Å². The highest BCUT2D eigenvalue weighted by Crippen LogP contribution is 2.19. The minimum atomic E-state index is 0.